The molecule has 3 aromatic rings. The van der Waals surface area contributed by atoms with E-state index in [0.29, 0.717) is 44.3 Å². The predicted octanol–water partition coefficient (Wildman–Crippen LogP) is 2.60. The van der Waals surface area contributed by atoms with Crippen molar-refractivity contribution >= 4 is 23.4 Å². The summed E-state index contributed by atoms with van der Waals surface area (Å²) in [6, 6.07) is 8.31. The molecule has 0 unspecified atom stereocenters. The zero-order valence-electron chi connectivity index (χ0n) is 19.4. The fraction of sp³-hybridized carbons (Fsp3) is 0.280. The van der Waals surface area contributed by atoms with E-state index in [9.17, 15) is 9.59 Å². The summed E-state index contributed by atoms with van der Waals surface area (Å²) in [5, 5.41) is 0. The smallest absolute Gasteiger partial charge is 0.338 e. The lowest BCUT2D eigenvalue weighted by Crippen LogP contribution is -2.40. The van der Waals surface area contributed by atoms with Gasteiger partial charge in [-0.05, 0) is 62.2 Å². The van der Waals surface area contributed by atoms with Crippen LogP contribution in [0.4, 0.5) is 0 Å². The molecule has 2 aromatic heterocycles. The van der Waals surface area contributed by atoms with Crippen molar-refractivity contribution in [3.05, 3.63) is 84.8 Å². The molecular weight excluding hydrogens is 454 g/mol. The number of pyridine rings is 1. The maximum atomic E-state index is 13.6. The molecular formula is C25H25N3O5S. The molecule has 0 bridgehead atoms. The van der Waals surface area contributed by atoms with Crippen LogP contribution in [-0.2, 0) is 9.53 Å². The van der Waals surface area contributed by atoms with Gasteiger partial charge in [-0.3, -0.25) is 14.3 Å². The van der Waals surface area contributed by atoms with Gasteiger partial charge in [0.2, 0.25) is 0 Å². The van der Waals surface area contributed by atoms with Crippen molar-refractivity contribution in [3.8, 4) is 11.5 Å². The highest BCUT2D eigenvalue weighted by Gasteiger charge is 2.33. The van der Waals surface area contributed by atoms with Crippen molar-refractivity contribution in [2.75, 3.05) is 20.3 Å². The van der Waals surface area contributed by atoms with Gasteiger partial charge in [0.05, 0.1) is 42.2 Å². The second-order valence-corrected chi connectivity index (χ2v) is 8.44. The molecule has 3 heterocycles. The number of benzene rings is 1. The molecule has 4 rings (SSSR count). The Bertz CT molecular complexity index is 1420. The Morgan fingerprint density at radius 1 is 1.15 bits per heavy atom. The second-order valence-electron chi connectivity index (χ2n) is 7.43. The van der Waals surface area contributed by atoms with Gasteiger partial charge in [0.25, 0.3) is 5.56 Å². The van der Waals surface area contributed by atoms with E-state index < -0.39 is 12.0 Å². The molecule has 1 aliphatic rings. The number of aromatic nitrogens is 2. The molecule has 0 fully saturated rings. The Morgan fingerprint density at radius 3 is 2.59 bits per heavy atom. The molecule has 176 valence electrons. The average Bonchev–Trinajstić information content (AvgIpc) is 3.13. The largest absolute Gasteiger partial charge is 0.493 e. The van der Waals surface area contributed by atoms with Gasteiger partial charge < -0.3 is 14.2 Å². The second kappa shape index (κ2) is 10.0. The van der Waals surface area contributed by atoms with E-state index in [0.717, 1.165) is 5.56 Å². The lowest BCUT2D eigenvalue weighted by Gasteiger charge is -2.25. The maximum Gasteiger partial charge on any atom is 0.338 e. The summed E-state index contributed by atoms with van der Waals surface area (Å²) in [5.74, 6) is 0.583. The summed E-state index contributed by atoms with van der Waals surface area (Å²) < 4.78 is 18.6. The first kappa shape index (κ1) is 23.4. The number of hydrogen-bond acceptors (Lipinski definition) is 8. The molecule has 0 saturated heterocycles. The van der Waals surface area contributed by atoms with Crippen LogP contribution < -0.4 is 24.4 Å². The minimum Gasteiger partial charge on any atom is -0.493 e. The molecule has 9 heteroatoms. The zero-order chi connectivity index (χ0) is 24.2. The van der Waals surface area contributed by atoms with Crippen LogP contribution in [-0.4, -0.2) is 35.8 Å². The number of carbonyl (C=O) groups is 1. The fourth-order valence-corrected chi connectivity index (χ4v) is 4.90. The van der Waals surface area contributed by atoms with Crippen LogP contribution in [0.3, 0.4) is 0 Å². The van der Waals surface area contributed by atoms with Crippen LogP contribution >= 0.6 is 11.3 Å². The van der Waals surface area contributed by atoms with Gasteiger partial charge in [-0.2, -0.15) is 0 Å². The summed E-state index contributed by atoms with van der Waals surface area (Å²) in [6.07, 6.45) is 5.13. The summed E-state index contributed by atoms with van der Waals surface area (Å²) in [5.41, 5.74) is 2.12. The van der Waals surface area contributed by atoms with E-state index in [2.05, 4.69) is 9.98 Å². The Balaban J connectivity index is 1.97. The molecule has 0 radical (unpaired) electrons. The van der Waals surface area contributed by atoms with Crippen LogP contribution in [0, 0.1) is 0 Å². The molecule has 0 aliphatic carbocycles. The van der Waals surface area contributed by atoms with Gasteiger partial charge in [0.15, 0.2) is 16.3 Å². The van der Waals surface area contributed by atoms with Crippen LogP contribution in [0.25, 0.3) is 6.08 Å². The molecule has 1 aromatic carbocycles. The molecule has 1 aliphatic heterocycles. The van der Waals surface area contributed by atoms with E-state index in [-0.39, 0.29) is 12.2 Å². The minimum absolute atomic E-state index is 0.210. The number of hydrogen-bond donors (Lipinski definition) is 0. The molecule has 1 atom stereocenters. The minimum atomic E-state index is -0.722. The van der Waals surface area contributed by atoms with Gasteiger partial charge in [0, 0.05) is 12.4 Å². The molecule has 0 spiro atoms. The van der Waals surface area contributed by atoms with Crippen LogP contribution in [0.5, 0.6) is 11.5 Å². The van der Waals surface area contributed by atoms with Gasteiger partial charge in [-0.25, -0.2) is 9.79 Å². The third-order valence-electron chi connectivity index (χ3n) is 5.32. The van der Waals surface area contributed by atoms with E-state index in [1.165, 1.54) is 11.3 Å². The van der Waals surface area contributed by atoms with Gasteiger partial charge in [-0.15, -0.1) is 0 Å². The van der Waals surface area contributed by atoms with Crippen LogP contribution in [0.15, 0.2) is 63.8 Å². The van der Waals surface area contributed by atoms with Crippen molar-refractivity contribution in [3.63, 3.8) is 0 Å². The van der Waals surface area contributed by atoms with Crippen LogP contribution in [0.1, 0.15) is 37.9 Å². The molecule has 0 amide bonds. The number of carbonyl (C=O) groups excluding carboxylic acids is 1. The molecule has 0 saturated carbocycles. The third kappa shape index (κ3) is 4.38. The summed E-state index contributed by atoms with van der Waals surface area (Å²) >= 11 is 1.27. The fourth-order valence-electron chi connectivity index (χ4n) is 3.85. The number of methoxy groups -OCH3 is 1. The number of allylic oxidation sites excluding steroid dienone is 1. The summed E-state index contributed by atoms with van der Waals surface area (Å²) in [7, 11) is 1.56. The van der Waals surface area contributed by atoms with Crippen molar-refractivity contribution in [2.24, 2.45) is 4.99 Å². The number of fused-ring (bicyclic) bond motifs is 1. The monoisotopic (exact) mass is 479 g/mol. The van der Waals surface area contributed by atoms with Crippen molar-refractivity contribution in [2.45, 2.75) is 26.8 Å². The summed E-state index contributed by atoms with van der Waals surface area (Å²) in [4.78, 5) is 35.8. The van der Waals surface area contributed by atoms with Crippen molar-refractivity contribution in [1.29, 1.82) is 0 Å². The first-order valence-electron chi connectivity index (χ1n) is 10.9. The number of esters is 1. The Hall–Kier alpha value is -3.72. The molecule has 34 heavy (non-hydrogen) atoms. The van der Waals surface area contributed by atoms with E-state index >= 15 is 0 Å². The Labute approximate surface area is 200 Å². The molecule has 0 N–H and O–H groups in total. The van der Waals surface area contributed by atoms with Gasteiger partial charge in [0.1, 0.15) is 0 Å². The van der Waals surface area contributed by atoms with Crippen molar-refractivity contribution < 1.29 is 19.0 Å². The topological polar surface area (TPSA) is 92.0 Å². The SMILES string of the molecule is CCOC(=O)C1=C(C)N=c2sc(=Cc3ccncc3)c(=O)n2[C@@H]1c1ccc(OC)c(OCC)c1. The van der Waals surface area contributed by atoms with E-state index in [1.807, 2.05) is 25.1 Å². The first-order chi connectivity index (χ1) is 16.5. The van der Waals surface area contributed by atoms with Gasteiger partial charge in [-0.1, -0.05) is 17.4 Å². The van der Waals surface area contributed by atoms with E-state index in [1.54, 1.807) is 56.1 Å². The highest BCUT2D eigenvalue weighted by Crippen LogP contribution is 2.36. The average molecular weight is 480 g/mol. The lowest BCUT2D eigenvalue weighted by atomic mass is 9.95. The van der Waals surface area contributed by atoms with Crippen molar-refractivity contribution in [1.82, 2.24) is 9.55 Å². The Kier molecular flexibility index (Phi) is 6.93. The van der Waals surface area contributed by atoms with Gasteiger partial charge >= 0.3 is 5.97 Å². The standard InChI is InChI=1S/C25H25N3O5S/c1-5-32-19-14-17(7-8-18(19)31-4)22-21(24(30)33-6-2)15(3)27-25-28(22)23(29)20(34-25)13-16-9-11-26-12-10-16/h7-14,22H,5-6H2,1-4H3/t22-/m1/s1. The van der Waals surface area contributed by atoms with E-state index in [4.69, 9.17) is 14.2 Å². The predicted molar refractivity (Wildman–Crippen MR) is 129 cm³/mol. The lowest BCUT2D eigenvalue weighted by molar-refractivity contribution is -0.139. The number of rotatable bonds is 7. The summed E-state index contributed by atoms with van der Waals surface area (Å²) in [6.45, 7) is 6.03. The highest BCUT2D eigenvalue weighted by molar-refractivity contribution is 7.07. The Morgan fingerprint density at radius 2 is 1.91 bits per heavy atom. The number of nitrogens with zero attached hydrogens (tertiary/aromatic N) is 3. The first-order valence-corrected chi connectivity index (χ1v) is 11.7. The molecule has 8 nitrogen and oxygen atoms in total. The maximum absolute atomic E-state index is 13.6. The number of ether oxygens (including phenoxy) is 3. The normalized spacial score (nSPS) is 15.5. The zero-order valence-corrected chi connectivity index (χ0v) is 20.2. The highest BCUT2D eigenvalue weighted by atomic mass is 32.1. The number of thiazole rings is 1. The van der Waals surface area contributed by atoms with Crippen LogP contribution in [0.2, 0.25) is 0 Å². The third-order valence-corrected chi connectivity index (χ3v) is 6.31. The quantitative estimate of drug-likeness (QED) is 0.484.